The summed E-state index contributed by atoms with van der Waals surface area (Å²) in [6, 6.07) is 14.9. The second kappa shape index (κ2) is 13.8. The quantitative estimate of drug-likeness (QED) is 0.357. The van der Waals surface area contributed by atoms with Gasteiger partial charge in [-0.2, -0.15) is 11.8 Å². The van der Waals surface area contributed by atoms with Gasteiger partial charge in [0.15, 0.2) is 0 Å². The molecule has 0 aromatic heterocycles. The Hall–Kier alpha value is -1.69. The van der Waals surface area contributed by atoms with Gasteiger partial charge in [-0.3, -0.25) is 9.59 Å². The first-order valence-corrected chi connectivity index (χ1v) is 12.9. The summed E-state index contributed by atoms with van der Waals surface area (Å²) in [4.78, 5) is 27.8. The maximum Gasteiger partial charge on any atom is 0.242 e. The molecule has 32 heavy (non-hydrogen) atoms. The van der Waals surface area contributed by atoms with Crippen LogP contribution in [0.2, 0.25) is 10.0 Å². The van der Waals surface area contributed by atoms with E-state index in [-0.39, 0.29) is 18.4 Å². The third-order valence-corrected chi connectivity index (χ3v) is 6.62. The van der Waals surface area contributed by atoms with Crippen LogP contribution in [-0.2, 0) is 21.9 Å². The Morgan fingerprint density at radius 1 is 1.09 bits per heavy atom. The van der Waals surface area contributed by atoms with E-state index < -0.39 is 6.04 Å². The van der Waals surface area contributed by atoms with E-state index in [1.807, 2.05) is 45.0 Å². The summed E-state index contributed by atoms with van der Waals surface area (Å²) in [5.41, 5.74) is 2.01. The fourth-order valence-corrected chi connectivity index (χ4v) is 4.60. The first-order valence-electron chi connectivity index (χ1n) is 10.9. The normalized spacial score (nSPS) is 11.9. The fourth-order valence-electron chi connectivity index (χ4n) is 3.24. The number of hydrogen-bond donors (Lipinski definition) is 1. The highest BCUT2D eigenvalue weighted by molar-refractivity contribution is 7.98. The number of benzene rings is 2. The van der Waals surface area contributed by atoms with E-state index in [9.17, 15) is 9.59 Å². The molecule has 0 spiro atoms. The molecule has 0 bridgehead atoms. The standard InChI is InChI=1S/C25H32Cl2N2O2S/c1-4-23(25(31)28-15-18(2)3)29(16-20-10-11-21(26)14-22(20)27)24(30)12-13-32-17-19-8-6-5-7-9-19/h5-11,14,18,23H,4,12-13,15-17H2,1-3H3,(H,28,31)/t23-/m0/s1. The van der Waals surface area contributed by atoms with E-state index >= 15 is 0 Å². The van der Waals surface area contributed by atoms with Crippen molar-refractivity contribution in [1.29, 1.82) is 0 Å². The van der Waals surface area contributed by atoms with Crippen LogP contribution in [0.4, 0.5) is 0 Å². The molecule has 174 valence electrons. The molecule has 0 aliphatic heterocycles. The van der Waals surface area contributed by atoms with Crippen molar-refractivity contribution < 1.29 is 9.59 Å². The first kappa shape index (κ1) is 26.6. The van der Waals surface area contributed by atoms with E-state index in [0.717, 1.165) is 11.3 Å². The number of nitrogens with one attached hydrogen (secondary N) is 1. The number of carbonyl (C=O) groups is 2. The molecule has 2 amide bonds. The largest absolute Gasteiger partial charge is 0.354 e. The van der Waals surface area contributed by atoms with Gasteiger partial charge in [-0.25, -0.2) is 0 Å². The van der Waals surface area contributed by atoms with Crippen molar-refractivity contribution in [3.63, 3.8) is 0 Å². The summed E-state index contributed by atoms with van der Waals surface area (Å²) in [6.07, 6.45) is 0.884. The van der Waals surface area contributed by atoms with Gasteiger partial charge in [0.2, 0.25) is 11.8 Å². The number of rotatable bonds is 12. The zero-order valence-electron chi connectivity index (χ0n) is 18.9. The summed E-state index contributed by atoms with van der Waals surface area (Å²) in [5, 5.41) is 4.00. The zero-order chi connectivity index (χ0) is 23.5. The Labute approximate surface area is 206 Å². The predicted molar refractivity (Wildman–Crippen MR) is 136 cm³/mol. The van der Waals surface area contributed by atoms with Crippen molar-refractivity contribution in [2.45, 2.75) is 52.0 Å². The minimum absolute atomic E-state index is 0.0527. The van der Waals surface area contributed by atoms with Crippen molar-refractivity contribution in [1.82, 2.24) is 10.2 Å². The summed E-state index contributed by atoms with van der Waals surface area (Å²) in [6.45, 7) is 6.86. The lowest BCUT2D eigenvalue weighted by molar-refractivity contribution is -0.141. The molecule has 0 saturated heterocycles. The van der Waals surface area contributed by atoms with Crippen LogP contribution in [-0.4, -0.2) is 35.1 Å². The van der Waals surface area contributed by atoms with Gasteiger partial charge in [-0.1, -0.05) is 80.4 Å². The Bertz CT molecular complexity index is 878. The van der Waals surface area contributed by atoms with Crippen molar-refractivity contribution in [2.75, 3.05) is 12.3 Å². The molecular weight excluding hydrogens is 463 g/mol. The van der Waals surface area contributed by atoms with Crippen molar-refractivity contribution in [2.24, 2.45) is 5.92 Å². The van der Waals surface area contributed by atoms with Crippen LogP contribution in [0.5, 0.6) is 0 Å². The monoisotopic (exact) mass is 494 g/mol. The average molecular weight is 496 g/mol. The molecule has 0 aliphatic carbocycles. The van der Waals surface area contributed by atoms with Crippen LogP contribution in [0, 0.1) is 5.92 Å². The minimum atomic E-state index is -0.549. The molecule has 7 heteroatoms. The van der Waals surface area contributed by atoms with E-state index in [1.165, 1.54) is 5.56 Å². The van der Waals surface area contributed by atoms with E-state index in [4.69, 9.17) is 23.2 Å². The summed E-state index contributed by atoms with van der Waals surface area (Å²) < 4.78 is 0. The Morgan fingerprint density at radius 3 is 2.44 bits per heavy atom. The smallest absolute Gasteiger partial charge is 0.242 e. The van der Waals surface area contributed by atoms with Gasteiger partial charge in [-0.05, 0) is 35.6 Å². The van der Waals surface area contributed by atoms with E-state index in [2.05, 4.69) is 17.4 Å². The van der Waals surface area contributed by atoms with Gasteiger partial charge in [-0.15, -0.1) is 0 Å². The van der Waals surface area contributed by atoms with Crippen LogP contribution in [0.1, 0.15) is 44.7 Å². The summed E-state index contributed by atoms with van der Waals surface area (Å²) in [5.74, 6) is 1.69. The molecule has 0 aliphatic rings. The number of halogens is 2. The van der Waals surface area contributed by atoms with Crippen molar-refractivity contribution in [3.05, 3.63) is 69.7 Å². The molecule has 2 rings (SSSR count). The van der Waals surface area contributed by atoms with Gasteiger partial charge < -0.3 is 10.2 Å². The highest BCUT2D eigenvalue weighted by atomic mass is 35.5. The number of amides is 2. The molecule has 2 aromatic rings. The van der Waals surface area contributed by atoms with Crippen LogP contribution in [0.15, 0.2) is 48.5 Å². The van der Waals surface area contributed by atoms with Crippen LogP contribution >= 0.6 is 35.0 Å². The Kier molecular flexibility index (Phi) is 11.4. The summed E-state index contributed by atoms with van der Waals surface area (Å²) in [7, 11) is 0. The predicted octanol–water partition coefficient (Wildman–Crippen LogP) is 6.20. The number of hydrogen-bond acceptors (Lipinski definition) is 3. The third kappa shape index (κ3) is 8.68. The van der Waals surface area contributed by atoms with Crippen molar-refractivity contribution >= 4 is 46.8 Å². The lowest BCUT2D eigenvalue weighted by atomic mass is 10.1. The molecule has 0 unspecified atom stereocenters. The van der Waals surface area contributed by atoms with E-state index in [0.29, 0.717) is 41.1 Å². The van der Waals surface area contributed by atoms with Gasteiger partial charge >= 0.3 is 0 Å². The van der Waals surface area contributed by atoms with Crippen LogP contribution < -0.4 is 5.32 Å². The number of thioether (sulfide) groups is 1. The molecule has 0 radical (unpaired) electrons. The molecular formula is C25H32Cl2N2O2S. The highest BCUT2D eigenvalue weighted by Gasteiger charge is 2.28. The number of nitrogens with zero attached hydrogens (tertiary/aromatic N) is 1. The van der Waals surface area contributed by atoms with Gasteiger partial charge in [0.1, 0.15) is 6.04 Å². The fraction of sp³-hybridized carbons (Fsp3) is 0.440. The minimum Gasteiger partial charge on any atom is -0.354 e. The zero-order valence-corrected chi connectivity index (χ0v) is 21.3. The molecule has 4 nitrogen and oxygen atoms in total. The third-order valence-electron chi connectivity index (χ3n) is 5.00. The van der Waals surface area contributed by atoms with Crippen molar-refractivity contribution in [3.8, 4) is 0 Å². The van der Waals surface area contributed by atoms with Gasteiger partial charge in [0, 0.05) is 41.1 Å². The molecule has 2 aromatic carbocycles. The molecule has 1 N–H and O–H groups in total. The lowest BCUT2D eigenvalue weighted by Gasteiger charge is -2.31. The average Bonchev–Trinajstić information content (AvgIpc) is 2.77. The Morgan fingerprint density at radius 2 is 1.81 bits per heavy atom. The Balaban J connectivity index is 2.10. The lowest BCUT2D eigenvalue weighted by Crippen LogP contribution is -2.49. The summed E-state index contributed by atoms with van der Waals surface area (Å²) >= 11 is 14.1. The SMILES string of the molecule is CC[C@@H](C(=O)NCC(C)C)N(Cc1ccc(Cl)cc1Cl)C(=O)CCSCc1ccccc1. The van der Waals surface area contributed by atoms with E-state index in [1.54, 1.807) is 28.8 Å². The number of carbonyl (C=O) groups excluding carboxylic acids is 2. The maximum absolute atomic E-state index is 13.2. The molecule has 1 atom stereocenters. The molecule has 0 saturated carbocycles. The van der Waals surface area contributed by atoms with Crippen LogP contribution in [0.3, 0.4) is 0 Å². The second-order valence-electron chi connectivity index (χ2n) is 8.11. The topological polar surface area (TPSA) is 49.4 Å². The molecule has 0 heterocycles. The first-order chi connectivity index (χ1) is 15.3. The highest BCUT2D eigenvalue weighted by Crippen LogP contribution is 2.24. The molecule has 0 fully saturated rings. The maximum atomic E-state index is 13.2. The van der Waals surface area contributed by atoms with Gasteiger partial charge in [0.25, 0.3) is 0 Å². The van der Waals surface area contributed by atoms with Gasteiger partial charge in [0.05, 0.1) is 0 Å². The van der Waals surface area contributed by atoms with Crippen LogP contribution in [0.25, 0.3) is 0 Å². The second-order valence-corrected chi connectivity index (χ2v) is 10.1.